The molecule has 0 amide bonds. The molecule has 0 spiro atoms. The summed E-state index contributed by atoms with van der Waals surface area (Å²) < 4.78 is 5.31. The maximum atomic E-state index is 10.4. The molecule has 0 rings (SSSR count). The van der Waals surface area contributed by atoms with Crippen LogP contribution in [0.5, 0.6) is 0 Å². The van der Waals surface area contributed by atoms with E-state index < -0.39 is 6.10 Å². The third-order valence-electron chi connectivity index (χ3n) is 1.24. The molecule has 1 atom stereocenters. The summed E-state index contributed by atoms with van der Waals surface area (Å²) >= 11 is 0. The van der Waals surface area contributed by atoms with E-state index in [-0.39, 0.29) is 12.6 Å². The van der Waals surface area contributed by atoms with Crippen molar-refractivity contribution in [3.63, 3.8) is 0 Å². The predicted octanol–water partition coefficient (Wildman–Crippen LogP) is -0.383. The van der Waals surface area contributed by atoms with Gasteiger partial charge < -0.3 is 14.3 Å². The number of carbonyl (C=O) groups is 1. The zero-order valence-electron chi connectivity index (χ0n) is 8.20. The van der Waals surface area contributed by atoms with Crippen molar-refractivity contribution in [2.24, 2.45) is 0 Å². The molecule has 0 aliphatic carbocycles. The third kappa shape index (κ3) is 7.50. The molecule has 0 aliphatic heterocycles. The van der Waals surface area contributed by atoms with Gasteiger partial charge in [-0.05, 0) is 0 Å². The predicted molar refractivity (Wildman–Crippen MR) is 45.5 cm³/mol. The molecular weight excluding hydrogens is 158 g/mol. The highest BCUT2D eigenvalue weighted by Gasteiger charge is 2.15. The number of aliphatic hydroxyl groups excluding tert-OH is 1. The number of esters is 1. The van der Waals surface area contributed by atoms with Crippen LogP contribution in [0.4, 0.5) is 0 Å². The molecule has 4 heteroatoms. The normalized spacial score (nSPS) is 14.1. The molecule has 0 aromatic carbocycles. The standard InChI is InChI=1S/C8H18NO3/c1-7(10)12-6-8(11)5-9(2,3)4/h8,11H,5-6H2,1-4H3/q+1. The van der Waals surface area contributed by atoms with E-state index in [1.54, 1.807) is 0 Å². The summed E-state index contributed by atoms with van der Waals surface area (Å²) in [6.07, 6.45) is -0.575. The van der Waals surface area contributed by atoms with E-state index in [0.717, 1.165) is 0 Å². The lowest BCUT2D eigenvalue weighted by Crippen LogP contribution is -2.43. The molecule has 4 nitrogen and oxygen atoms in total. The first-order valence-electron chi connectivity index (χ1n) is 3.93. The third-order valence-corrected chi connectivity index (χ3v) is 1.24. The second-order valence-corrected chi connectivity index (χ2v) is 3.93. The smallest absolute Gasteiger partial charge is 0.302 e. The molecule has 0 saturated carbocycles. The summed E-state index contributed by atoms with van der Waals surface area (Å²) in [6, 6.07) is 0. The highest BCUT2D eigenvalue weighted by atomic mass is 16.5. The Morgan fingerprint density at radius 2 is 2.00 bits per heavy atom. The van der Waals surface area contributed by atoms with Gasteiger partial charge in [-0.2, -0.15) is 0 Å². The van der Waals surface area contributed by atoms with E-state index in [9.17, 15) is 9.90 Å². The molecule has 0 saturated heterocycles. The van der Waals surface area contributed by atoms with Crippen LogP contribution < -0.4 is 0 Å². The Morgan fingerprint density at radius 1 is 1.50 bits per heavy atom. The van der Waals surface area contributed by atoms with Gasteiger partial charge in [-0.15, -0.1) is 0 Å². The van der Waals surface area contributed by atoms with Crippen molar-refractivity contribution in [1.82, 2.24) is 0 Å². The number of aliphatic hydroxyl groups is 1. The minimum absolute atomic E-state index is 0.0881. The maximum Gasteiger partial charge on any atom is 0.302 e. The quantitative estimate of drug-likeness (QED) is 0.469. The van der Waals surface area contributed by atoms with Crippen molar-refractivity contribution in [1.29, 1.82) is 0 Å². The number of quaternary nitrogens is 1. The summed E-state index contributed by atoms with van der Waals surface area (Å²) in [6.45, 7) is 2.00. The zero-order chi connectivity index (χ0) is 9.78. The summed E-state index contributed by atoms with van der Waals surface area (Å²) in [5.41, 5.74) is 0. The van der Waals surface area contributed by atoms with Gasteiger partial charge >= 0.3 is 5.97 Å². The molecule has 0 radical (unpaired) electrons. The average molecular weight is 176 g/mol. The Labute approximate surface area is 73.3 Å². The second kappa shape index (κ2) is 4.42. The molecule has 12 heavy (non-hydrogen) atoms. The summed E-state index contributed by atoms with van der Waals surface area (Å²) in [5.74, 6) is -0.351. The number of hydrogen-bond donors (Lipinski definition) is 1. The fraction of sp³-hybridized carbons (Fsp3) is 0.875. The average Bonchev–Trinajstić information content (AvgIpc) is 1.79. The van der Waals surface area contributed by atoms with Gasteiger partial charge in [0.1, 0.15) is 19.3 Å². The lowest BCUT2D eigenvalue weighted by atomic mass is 10.3. The van der Waals surface area contributed by atoms with Crippen molar-refractivity contribution < 1.29 is 19.1 Å². The van der Waals surface area contributed by atoms with Crippen LogP contribution in [0, 0.1) is 0 Å². The van der Waals surface area contributed by atoms with Crippen molar-refractivity contribution >= 4 is 5.97 Å². The fourth-order valence-electron chi connectivity index (χ4n) is 0.898. The Hall–Kier alpha value is -0.610. The van der Waals surface area contributed by atoms with E-state index in [4.69, 9.17) is 0 Å². The van der Waals surface area contributed by atoms with Crippen molar-refractivity contribution in [3.05, 3.63) is 0 Å². The van der Waals surface area contributed by atoms with Crippen LogP contribution in [-0.2, 0) is 9.53 Å². The number of hydrogen-bond acceptors (Lipinski definition) is 3. The van der Waals surface area contributed by atoms with E-state index >= 15 is 0 Å². The van der Waals surface area contributed by atoms with Crippen LogP contribution in [0.3, 0.4) is 0 Å². The number of carbonyl (C=O) groups excluding carboxylic acids is 1. The topological polar surface area (TPSA) is 46.5 Å². The largest absolute Gasteiger partial charge is 0.463 e. The van der Waals surface area contributed by atoms with Crippen LogP contribution in [0.25, 0.3) is 0 Å². The molecule has 0 heterocycles. The van der Waals surface area contributed by atoms with E-state index in [2.05, 4.69) is 4.74 Å². The second-order valence-electron chi connectivity index (χ2n) is 3.93. The van der Waals surface area contributed by atoms with Gasteiger partial charge in [0.2, 0.25) is 0 Å². The van der Waals surface area contributed by atoms with Gasteiger partial charge in [0.15, 0.2) is 0 Å². The number of rotatable bonds is 4. The van der Waals surface area contributed by atoms with Gasteiger partial charge in [0, 0.05) is 6.92 Å². The molecule has 0 aromatic heterocycles. The van der Waals surface area contributed by atoms with Crippen LogP contribution in [0.1, 0.15) is 6.92 Å². The Bertz CT molecular complexity index is 151. The monoisotopic (exact) mass is 176 g/mol. The zero-order valence-corrected chi connectivity index (χ0v) is 8.20. The summed E-state index contributed by atoms with van der Waals surface area (Å²) in [4.78, 5) is 10.4. The van der Waals surface area contributed by atoms with Gasteiger partial charge in [-0.3, -0.25) is 4.79 Å². The SMILES string of the molecule is CC(=O)OCC(O)C[N+](C)(C)C. The number of ether oxygens (including phenoxy) is 1. The van der Waals surface area contributed by atoms with Crippen molar-refractivity contribution in [3.8, 4) is 0 Å². The number of nitrogens with zero attached hydrogens (tertiary/aromatic N) is 1. The highest BCUT2D eigenvalue weighted by Crippen LogP contribution is 1.95. The molecule has 0 bridgehead atoms. The van der Waals surface area contributed by atoms with Crippen LogP contribution in [0.15, 0.2) is 0 Å². The van der Waals surface area contributed by atoms with Crippen LogP contribution in [0.2, 0.25) is 0 Å². The lowest BCUT2D eigenvalue weighted by Gasteiger charge is -2.26. The molecule has 1 N–H and O–H groups in total. The number of likely N-dealkylation sites (N-methyl/N-ethyl adjacent to an activating group) is 1. The Balaban J connectivity index is 3.60. The highest BCUT2D eigenvalue weighted by molar-refractivity contribution is 5.65. The summed E-state index contributed by atoms with van der Waals surface area (Å²) in [7, 11) is 5.91. The molecular formula is C8H18NO3+. The van der Waals surface area contributed by atoms with E-state index in [1.165, 1.54) is 6.92 Å². The first kappa shape index (κ1) is 11.4. The van der Waals surface area contributed by atoms with Crippen molar-refractivity contribution in [2.75, 3.05) is 34.3 Å². The van der Waals surface area contributed by atoms with Crippen molar-refractivity contribution in [2.45, 2.75) is 13.0 Å². The maximum absolute atomic E-state index is 10.4. The molecule has 72 valence electrons. The first-order valence-corrected chi connectivity index (χ1v) is 3.93. The summed E-state index contributed by atoms with van der Waals surface area (Å²) in [5, 5.41) is 9.34. The fourth-order valence-corrected chi connectivity index (χ4v) is 0.898. The molecule has 0 aromatic rings. The van der Waals surface area contributed by atoms with Gasteiger partial charge in [-0.25, -0.2) is 0 Å². The minimum Gasteiger partial charge on any atom is -0.463 e. The molecule has 0 fully saturated rings. The van der Waals surface area contributed by atoms with Crippen LogP contribution in [-0.4, -0.2) is 56.0 Å². The first-order chi connectivity index (χ1) is 5.31. The van der Waals surface area contributed by atoms with Crippen LogP contribution >= 0.6 is 0 Å². The van der Waals surface area contributed by atoms with E-state index in [0.29, 0.717) is 11.0 Å². The molecule has 1 unspecified atom stereocenters. The molecule has 0 aliphatic rings. The van der Waals surface area contributed by atoms with Gasteiger partial charge in [-0.1, -0.05) is 0 Å². The van der Waals surface area contributed by atoms with Gasteiger partial charge in [0.25, 0.3) is 0 Å². The van der Waals surface area contributed by atoms with E-state index in [1.807, 2.05) is 21.1 Å². The lowest BCUT2D eigenvalue weighted by molar-refractivity contribution is -0.873. The Morgan fingerprint density at radius 3 is 2.33 bits per heavy atom. The minimum atomic E-state index is -0.575. The van der Waals surface area contributed by atoms with Gasteiger partial charge in [0.05, 0.1) is 21.1 Å². The Kier molecular flexibility index (Phi) is 4.20.